The summed E-state index contributed by atoms with van der Waals surface area (Å²) in [5.74, 6) is -1.30. The Balaban J connectivity index is 1.58. The van der Waals surface area contributed by atoms with Crippen LogP contribution in [-0.4, -0.2) is 39.1 Å². The van der Waals surface area contributed by atoms with E-state index in [-0.39, 0.29) is 28.1 Å². The van der Waals surface area contributed by atoms with Gasteiger partial charge in [-0.25, -0.2) is 22.3 Å². The van der Waals surface area contributed by atoms with Gasteiger partial charge in [-0.05, 0) is 42.7 Å². The van der Waals surface area contributed by atoms with Crippen molar-refractivity contribution in [3.05, 3.63) is 47.1 Å². The second kappa shape index (κ2) is 7.11. The maximum Gasteiger partial charge on any atom is 0.336 e. The standard InChI is InChI=1S/C16H17FN2O4S2/c17-13-1-3-14(4-2-13)19-6-5-11(9-19)8-18-25(22,23)15-7-12(10-24-15)16(20)21/h1-4,7,10-11,18H,5-6,8-9H2,(H,20,21)/t11-/m0/s1. The van der Waals surface area contributed by atoms with E-state index < -0.39 is 16.0 Å². The monoisotopic (exact) mass is 384 g/mol. The third-order valence-electron chi connectivity index (χ3n) is 4.13. The Kier molecular flexibility index (Phi) is 5.07. The highest BCUT2D eigenvalue weighted by Crippen LogP contribution is 2.25. The van der Waals surface area contributed by atoms with Crippen molar-refractivity contribution < 1.29 is 22.7 Å². The first-order valence-corrected chi connectivity index (χ1v) is 10.0. The molecule has 9 heteroatoms. The summed E-state index contributed by atoms with van der Waals surface area (Å²) in [6, 6.07) is 7.39. The van der Waals surface area contributed by atoms with Crippen molar-refractivity contribution in [3.63, 3.8) is 0 Å². The largest absolute Gasteiger partial charge is 0.478 e. The van der Waals surface area contributed by atoms with Gasteiger partial charge in [0.1, 0.15) is 10.0 Å². The molecule has 2 heterocycles. The number of nitrogens with zero attached hydrogens (tertiary/aromatic N) is 1. The maximum absolute atomic E-state index is 13.0. The second-order valence-electron chi connectivity index (χ2n) is 5.89. The quantitative estimate of drug-likeness (QED) is 0.799. The van der Waals surface area contributed by atoms with E-state index in [9.17, 15) is 17.6 Å². The second-order valence-corrected chi connectivity index (χ2v) is 8.79. The Morgan fingerprint density at radius 1 is 1.36 bits per heavy atom. The lowest BCUT2D eigenvalue weighted by atomic mass is 10.1. The summed E-state index contributed by atoms with van der Waals surface area (Å²) in [6.07, 6.45) is 0.824. The topological polar surface area (TPSA) is 86.7 Å². The summed E-state index contributed by atoms with van der Waals surface area (Å²) in [6.45, 7) is 1.74. The van der Waals surface area contributed by atoms with Gasteiger partial charge in [0.15, 0.2) is 0 Å². The van der Waals surface area contributed by atoms with E-state index in [0.29, 0.717) is 6.54 Å². The molecular formula is C16H17FN2O4S2. The number of halogens is 1. The Hall–Kier alpha value is -1.97. The van der Waals surface area contributed by atoms with E-state index >= 15 is 0 Å². The molecule has 0 bridgehead atoms. The molecule has 2 N–H and O–H groups in total. The molecule has 0 amide bonds. The summed E-state index contributed by atoms with van der Waals surface area (Å²) >= 11 is 0.889. The molecule has 0 unspecified atom stereocenters. The van der Waals surface area contributed by atoms with Crippen LogP contribution in [0, 0.1) is 11.7 Å². The van der Waals surface area contributed by atoms with E-state index in [1.54, 1.807) is 12.1 Å². The molecule has 1 aliphatic heterocycles. The Morgan fingerprint density at radius 3 is 2.72 bits per heavy atom. The molecule has 0 saturated carbocycles. The molecule has 1 aliphatic rings. The molecular weight excluding hydrogens is 367 g/mol. The number of sulfonamides is 1. The summed E-state index contributed by atoms with van der Waals surface area (Å²) in [7, 11) is -3.71. The van der Waals surface area contributed by atoms with Crippen molar-refractivity contribution in [3.8, 4) is 0 Å². The van der Waals surface area contributed by atoms with Crippen LogP contribution in [0.3, 0.4) is 0 Å². The molecule has 25 heavy (non-hydrogen) atoms. The zero-order chi connectivity index (χ0) is 18.0. The number of rotatable bonds is 6. The van der Waals surface area contributed by atoms with Gasteiger partial charge in [-0.1, -0.05) is 0 Å². The number of benzene rings is 1. The predicted molar refractivity (Wildman–Crippen MR) is 93.2 cm³/mol. The fraction of sp³-hybridized carbons (Fsp3) is 0.312. The Labute approximate surface area is 149 Å². The van der Waals surface area contributed by atoms with Crippen LogP contribution in [0.1, 0.15) is 16.8 Å². The molecule has 0 spiro atoms. The van der Waals surface area contributed by atoms with Crippen LogP contribution in [0.15, 0.2) is 39.9 Å². The van der Waals surface area contributed by atoms with Crippen molar-refractivity contribution in [2.24, 2.45) is 5.92 Å². The van der Waals surface area contributed by atoms with Crippen molar-refractivity contribution in [2.75, 3.05) is 24.5 Å². The number of carboxylic acid groups (broad SMARTS) is 1. The number of thiophene rings is 1. The van der Waals surface area contributed by atoms with Gasteiger partial charge in [0.25, 0.3) is 0 Å². The third-order valence-corrected chi connectivity index (χ3v) is 6.99. The van der Waals surface area contributed by atoms with E-state index in [2.05, 4.69) is 9.62 Å². The molecule has 1 aromatic carbocycles. The van der Waals surface area contributed by atoms with Crippen LogP contribution >= 0.6 is 11.3 Å². The van der Waals surface area contributed by atoms with E-state index in [0.717, 1.165) is 36.1 Å². The minimum absolute atomic E-state index is 0.00159. The highest BCUT2D eigenvalue weighted by atomic mass is 32.2. The molecule has 1 saturated heterocycles. The average Bonchev–Trinajstić information content (AvgIpc) is 3.24. The highest BCUT2D eigenvalue weighted by molar-refractivity contribution is 7.91. The van der Waals surface area contributed by atoms with Crippen LogP contribution in [0.4, 0.5) is 10.1 Å². The number of aromatic carboxylic acids is 1. The number of hydrogen-bond acceptors (Lipinski definition) is 5. The van der Waals surface area contributed by atoms with Crippen molar-refractivity contribution >= 4 is 33.0 Å². The molecule has 0 aliphatic carbocycles. The maximum atomic E-state index is 13.0. The SMILES string of the molecule is O=C(O)c1csc(S(=O)(=O)NC[C@@H]2CCN(c3ccc(F)cc3)C2)c1. The lowest BCUT2D eigenvalue weighted by Gasteiger charge is -2.18. The van der Waals surface area contributed by atoms with Gasteiger partial charge in [0.05, 0.1) is 5.56 Å². The lowest BCUT2D eigenvalue weighted by Crippen LogP contribution is -2.30. The first kappa shape index (κ1) is 17.8. The summed E-state index contributed by atoms with van der Waals surface area (Å²) in [4.78, 5) is 13.0. The van der Waals surface area contributed by atoms with Crippen molar-refractivity contribution in [1.29, 1.82) is 0 Å². The van der Waals surface area contributed by atoms with Gasteiger partial charge in [0.2, 0.25) is 10.0 Å². The van der Waals surface area contributed by atoms with Gasteiger partial charge < -0.3 is 10.0 Å². The van der Waals surface area contributed by atoms with Crippen LogP contribution < -0.4 is 9.62 Å². The van der Waals surface area contributed by atoms with Gasteiger partial charge in [-0.2, -0.15) is 0 Å². The highest BCUT2D eigenvalue weighted by Gasteiger charge is 2.25. The zero-order valence-electron chi connectivity index (χ0n) is 13.2. The van der Waals surface area contributed by atoms with Gasteiger partial charge in [0, 0.05) is 30.7 Å². The van der Waals surface area contributed by atoms with Gasteiger partial charge in [-0.3, -0.25) is 0 Å². The van der Waals surface area contributed by atoms with E-state index in [1.165, 1.54) is 17.5 Å². The van der Waals surface area contributed by atoms with E-state index in [1.807, 2.05) is 0 Å². The fourth-order valence-electron chi connectivity index (χ4n) is 2.75. The van der Waals surface area contributed by atoms with Crippen LogP contribution in [0.2, 0.25) is 0 Å². The minimum atomic E-state index is -3.71. The normalized spacial score (nSPS) is 17.8. The molecule has 1 aromatic heterocycles. The van der Waals surface area contributed by atoms with Crippen molar-refractivity contribution in [2.45, 2.75) is 10.6 Å². The van der Waals surface area contributed by atoms with Crippen molar-refractivity contribution in [1.82, 2.24) is 4.72 Å². The zero-order valence-corrected chi connectivity index (χ0v) is 14.8. The third kappa shape index (κ3) is 4.17. The van der Waals surface area contributed by atoms with Crippen LogP contribution in [-0.2, 0) is 10.0 Å². The Morgan fingerprint density at radius 2 is 2.08 bits per heavy atom. The number of hydrogen-bond donors (Lipinski definition) is 2. The average molecular weight is 384 g/mol. The predicted octanol–water partition coefficient (Wildman–Crippen LogP) is 2.39. The smallest absolute Gasteiger partial charge is 0.336 e. The first-order chi connectivity index (χ1) is 11.8. The summed E-state index contributed by atoms with van der Waals surface area (Å²) in [5.41, 5.74) is 0.879. The number of carboxylic acids is 1. The summed E-state index contributed by atoms with van der Waals surface area (Å²) < 4.78 is 40.1. The molecule has 0 radical (unpaired) electrons. The van der Waals surface area contributed by atoms with Gasteiger partial charge >= 0.3 is 5.97 Å². The molecule has 134 valence electrons. The number of carbonyl (C=O) groups is 1. The van der Waals surface area contributed by atoms with Crippen LogP contribution in [0.5, 0.6) is 0 Å². The first-order valence-electron chi connectivity index (χ1n) is 7.67. The minimum Gasteiger partial charge on any atom is -0.478 e. The molecule has 1 fully saturated rings. The number of nitrogens with one attached hydrogen (secondary N) is 1. The van der Waals surface area contributed by atoms with Crippen LogP contribution in [0.25, 0.3) is 0 Å². The Bertz CT molecular complexity index is 865. The lowest BCUT2D eigenvalue weighted by molar-refractivity contribution is 0.0697. The molecule has 1 atom stereocenters. The molecule has 6 nitrogen and oxygen atoms in total. The summed E-state index contributed by atoms with van der Waals surface area (Å²) in [5, 5.41) is 10.2. The molecule has 2 aromatic rings. The number of anilines is 1. The fourth-order valence-corrected chi connectivity index (χ4v) is 5.07. The van der Waals surface area contributed by atoms with E-state index in [4.69, 9.17) is 5.11 Å². The molecule has 3 rings (SSSR count). The van der Waals surface area contributed by atoms with Gasteiger partial charge in [-0.15, -0.1) is 11.3 Å².